The first-order valence-electron chi connectivity index (χ1n) is 6.02. The minimum Gasteiger partial charge on any atom is -0.297 e. The Kier molecular flexibility index (Phi) is 3.26. The van der Waals surface area contributed by atoms with E-state index in [0.717, 1.165) is 16.9 Å². The lowest BCUT2D eigenvalue weighted by Crippen LogP contribution is -1.95. The number of hydrogen-bond acceptors (Lipinski definition) is 4. The molecule has 0 radical (unpaired) electrons. The highest BCUT2D eigenvalue weighted by Crippen LogP contribution is 2.13. The lowest BCUT2D eigenvalue weighted by Gasteiger charge is -2.01. The van der Waals surface area contributed by atoms with E-state index in [1.807, 2.05) is 41.9 Å². The van der Waals surface area contributed by atoms with E-state index < -0.39 is 0 Å². The SMILES string of the molecule is Cc1[nH]n(-c2ccccc2)c(=S)c1/C=N/n1cnnc1. The van der Waals surface area contributed by atoms with Crippen molar-refractivity contribution in [1.82, 2.24) is 24.7 Å². The molecule has 0 saturated heterocycles. The van der Waals surface area contributed by atoms with Crippen LogP contribution in [-0.2, 0) is 0 Å². The van der Waals surface area contributed by atoms with Crippen molar-refractivity contribution in [3.05, 3.63) is 58.9 Å². The molecule has 0 atom stereocenters. The van der Waals surface area contributed by atoms with Crippen molar-refractivity contribution >= 4 is 18.4 Å². The van der Waals surface area contributed by atoms with E-state index in [1.54, 1.807) is 6.21 Å². The quantitative estimate of drug-likeness (QED) is 0.593. The largest absolute Gasteiger partial charge is 0.297 e. The van der Waals surface area contributed by atoms with E-state index in [-0.39, 0.29) is 0 Å². The van der Waals surface area contributed by atoms with Gasteiger partial charge in [0.2, 0.25) is 0 Å². The zero-order valence-corrected chi connectivity index (χ0v) is 11.6. The van der Waals surface area contributed by atoms with Crippen LogP contribution in [0.5, 0.6) is 0 Å². The highest BCUT2D eigenvalue weighted by Gasteiger charge is 2.07. The minimum absolute atomic E-state index is 0.686. The van der Waals surface area contributed by atoms with E-state index >= 15 is 0 Å². The van der Waals surface area contributed by atoms with Crippen LogP contribution >= 0.6 is 12.2 Å². The molecule has 20 heavy (non-hydrogen) atoms. The van der Waals surface area contributed by atoms with Gasteiger partial charge in [-0.3, -0.25) is 5.10 Å². The normalized spacial score (nSPS) is 11.2. The maximum atomic E-state index is 5.49. The molecular weight excluding hydrogens is 272 g/mol. The van der Waals surface area contributed by atoms with Crippen LogP contribution in [0.1, 0.15) is 11.3 Å². The van der Waals surface area contributed by atoms with Crippen molar-refractivity contribution < 1.29 is 0 Å². The van der Waals surface area contributed by atoms with Gasteiger partial charge in [-0.1, -0.05) is 30.4 Å². The molecule has 3 rings (SSSR count). The van der Waals surface area contributed by atoms with E-state index in [0.29, 0.717) is 4.64 Å². The monoisotopic (exact) mass is 284 g/mol. The van der Waals surface area contributed by atoms with Crippen LogP contribution in [0.25, 0.3) is 5.69 Å². The fourth-order valence-electron chi connectivity index (χ4n) is 1.85. The van der Waals surface area contributed by atoms with E-state index in [4.69, 9.17) is 12.2 Å². The molecule has 3 aromatic rings. The number of para-hydroxylation sites is 1. The minimum atomic E-state index is 0.686. The van der Waals surface area contributed by atoms with Crippen molar-refractivity contribution in [1.29, 1.82) is 0 Å². The molecule has 2 aromatic heterocycles. The molecule has 2 heterocycles. The van der Waals surface area contributed by atoms with Crippen LogP contribution in [-0.4, -0.2) is 30.9 Å². The molecule has 0 aliphatic carbocycles. The molecule has 0 spiro atoms. The summed E-state index contributed by atoms with van der Waals surface area (Å²) in [7, 11) is 0. The Morgan fingerprint density at radius 2 is 1.90 bits per heavy atom. The molecule has 0 amide bonds. The molecule has 1 aromatic carbocycles. The Balaban J connectivity index is 2.02. The van der Waals surface area contributed by atoms with Gasteiger partial charge in [-0.25, -0.2) is 9.36 Å². The molecule has 100 valence electrons. The molecule has 0 bridgehead atoms. The molecule has 0 saturated carbocycles. The molecule has 0 fully saturated rings. The zero-order chi connectivity index (χ0) is 13.9. The van der Waals surface area contributed by atoms with Crippen molar-refractivity contribution in [3.63, 3.8) is 0 Å². The summed E-state index contributed by atoms with van der Waals surface area (Å²) < 4.78 is 4.07. The summed E-state index contributed by atoms with van der Waals surface area (Å²) in [5.74, 6) is 0. The molecule has 0 aliphatic rings. The second-order valence-corrected chi connectivity index (χ2v) is 4.60. The molecular formula is C13H12N6S. The fraction of sp³-hybridized carbons (Fsp3) is 0.0769. The number of rotatable bonds is 3. The molecule has 0 aliphatic heterocycles. The van der Waals surface area contributed by atoms with Gasteiger partial charge in [0.25, 0.3) is 0 Å². The van der Waals surface area contributed by atoms with Gasteiger partial charge in [-0.15, -0.1) is 10.2 Å². The van der Waals surface area contributed by atoms with Gasteiger partial charge in [0.05, 0.1) is 17.5 Å². The van der Waals surface area contributed by atoms with Gasteiger partial charge in [-0.05, 0) is 19.1 Å². The Labute approximate surface area is 120 Å². The average Bonchev–Trinajstić information content (AvgIpc) is 3.07. The second-order valence-electron chi connectivity index (χ2n) is 4.21. The third-order valence-electron chi connectivity index (χ3n) is 2.86. The van der Waals surface area contributed by atoms with Crippen molar-refractivity contribution in [2.24, 2.45) is 5.10 Å². The Bertz CT molecular complexity index is 782. The first-order chi connectivity index (χ1) is 9.75. The first-order valence-corrected chi connectivity index (χ1v) is 6.42. The van der Waals surface area contributed by atoms with Crippen LogP contribution in [0.15, 0.2) is 48.1 Å². The van der Waals surface area contributed by atoms with E-state index in [2.05, 4.69) is 20.4 Å². The van der Waals surface area contributed by atoms with Crippen LogP contribution < -0.4 is 0 Å². The maximum Gasteiger partial charge on any atom is 0.141 e. The summed E-state index contributed by atoms with van der Waals surface area (Å²) in [5.41, 5.74) is 2.82. The molecule has 6 nitrogen and oxygen atoms in total. The van der Waals surface area contributed by atoms with Crippen molar-refractivity contribution in [2.45, 2.75) is 6.92 Å². The number of aryl methyl sites for hydroxylation is 1. The topological polar surface area (TPSA) is 63.8 Å². The Morgan fingerprint density at radius 3 is 2.60 bits per heavy atom. The second kappa shape index (κ2) is 5.22. The fourth-order valence-corrected chi connectivity index (χ4v) is 2.21. The number of aromatic amines is 1. The highest BCUT2D eigenvalue weighted by atomic mass is 32.1. The number of hydrogen-bond donors (Lipinski definition) is 1. The summed E-state index contributed by atoms with van der Waals surface area (Å²) in [4.78, 5) is 0. The lowest BCUT2D eigenvalue weighted by molar-refractivity contribution is 0.852. The van der Waals surface area contributed by atoms with Gasteiger partial charge in [0.15, 0.2) is 0 Å². The maximum absolute atomic E-state index is 5.49. The number of aromatic nitrogens is 5. The molecule has 7 heteroatoms. The van der Waals surface area contributed by atoms with Crippen molar-refractivity contribution in [2.75, 3.05) is 0 Å². The highest BCUT2D eigenvalue weighted by molar-refractivity contribution is 7.71. The summed E-state index contributed by atoms with van der Waals surface area (Å²) in [6.07, 6.45) is 4.75. The van der Waals surface area contributed by atoms with E-state index in [9.17, 15) is 0 Å². The van der Waals surface area contributed by atoms with Crippen LogP contribution in [0.4, 0.5) is 0 Å². The lowest BCUT2D eigenvalue weighted by atomic mass is 10.3. The van der Waals surface area contributed by atoms with Gasteiger partial charge in [-0.2, -0.15) is 5.10 Å². The van der Waals surface area contributed by atoms with Crippen LogP contribution in [0, 0.1) is 11.6 Å². The zero-order valence-electron chi connectivity index (χ0n) is 10.8. The first kappa shape index (κ1) is 12.5. The van der Waals surface area contributed by atoms with E-state index in [1.165, 1.54) is 17.3 Å². The summed E-state index contributed by atoms with van der Waals surface area (Å²) >= 11 is 5.49. The van der Waals surface area contributed by atoms with Crippen LogP contribution in [0.3, 0.4) is 0 Å². The standard InChI is InChI=1S/C13H12N6S/c1-10-12(7-16-18-8-14-15-9-18)13(20)19(17-10)11-5-3-2-4-6-11/h2-9,17H,1H3/b16-7+. The predicted molar refractivity (Wildman–Crippen MR) is 78.7 cm³/mol. The van der Waals surface area contributed by atoms with Crippen LogP contribution in [0.2, 0.25) is 0 Å². The smallest absolute Gasteiger partial charge is 0.141 e. The molecule has 0 unspecified atom stereocenters. The average molecular weight is 284 g/mol. The van der Waals surface area contributed by atoms with Crippen molar-refractivity contribution in [3.8, 4) is 5.69 Å². The van der Waals surface area contributed by atoms with Gasteiger partial charge >= 0.3 is 0 Å². The summed E-state index contributed by atoms with van der Waals surface area (Å²) in [5, 5.41) is 14.9. The number of nitrogens with one attached hydrogen (secondary N) is 1. The summed E-state index contributed by atoms with van der Waals surface area (Å²) in [6.45, 7) is 1.96. The number of benzene rings is 1. The van der Waals surface area contributed by atoms with Gasteiger partial charge in [0, 0.05) is 5.69 Å². The number of nitrogens with zero attached hydrogens (tertiary/aromatic N) is 5. The van der Waals surface area contributed by atoms with Gasteiger partial charge < -0.3 is 0 Å². The molecule has 1 N–H and O–H groups in total. The third kappa shape index (κ3) is 2.30. The Morgan fingerprint density at radius 1 is 1.20 bits per heavy atom. The third-order valence-corrected chi connectivity index (χ3v) is 3.26. The Hall–Kier alpha value is -2.54. The van der Waals surface area contributed by atoms with Gasteiger partial charge in [0.1, 0.15) is 17.3 Å². The predicted octanol–water partition coefficient (Wildman–Crippen LogP) is 2.32. The summed E-state index contributed by atoms with van der Waals surface area (Å²) in [6, 6.07) is 9.90. The number of H-pyrrole nitrogens is 1.